The highest BCUT2D eigenvalue weighted by molar-refractivity contribution is 5.85. The van der Waals surface area contributed by atoms with Crippen LogP contribution in [0.25, 0.3) is 10.9 Å². The molecule has 2 aliphatic rings. The van der Waals surface area contributed by atoms with Crippen LogP contribution in [0.15, 0.2) is 42.6 Å². The van der Waals surface area contributed by atoms with Crippen LogP contribution in [0, 0.1) is 5.82 Å². The molecule has 0 spiro atoms. The van der Waals surface area contributed by atoms with Crippen molar-refractivity contribution in [2.75, 3.05) is 20.3 Å². The smallest absolute Gasteiger partial charge is 0.126 e. The van der Waals surface area contributed by atoms with Gasteiger partial charge in [0.05, 0.1) is 7.11 Å². The van der Waals surface area contributed by atoms with Crippen molar-refractivity contribution >= 4 is 23.3 Å². The van der Waals surface area contributed by atoms with Crippen LogP contribution in [0.1, 0.15) is 36.8 Å². The van der Waals surface area contributed by atoms with Crippen LogP contribution < -0.4 is 9.47 Å². The molecule has 166 valence electrons. The van der Waals surface area contributed by atoms with Crippen LogP contribution in [0.2, 0.25) is 0 Å². The van der Waals surface area contributed by atoms with Gasteiger partial charge in [-0.1, -0.05) is 12.5 Å². The third-order valence-electron chi connectivity index (χ3n) is 6.79. The van der Waals surface area contributed by atoms with Gasteiger partial charge in [-0.3, -0.25) is 4.90 Å². The molecule has 0 saturated heterocycles. The molecule has 3 aromatic rings. The van der Waals surface area contributed by atoms with Crippen molar-refractivity contribution in [3.8, 4) is 11.5 Å². The van der Waals surface area contributed by atoms with Crippen molar-refractivity contribution in [1.82, 2.24) is 9.88 Å². The number of nitrogens with zero attached hydrogens (tertiary/aromatic N) is 1. The second-order valence-corrected chi connectivity index (χ2v) is 8.54. The molecule has 5 rings (SSSR count). The number of hydrogen-bond donors (Lipinski definition) is 1. The zero-order valence-corrected chi connectivity index (χ0v) is 18.7. The van der Waals surface area contributed by atoms with E-state index in [9.17, 15) is 4.39 Å². The molecule has 0 unspecified atom stereocenters. The van der Waals surface area contributed by atoms with E-state index in [2.05, 4.69) is 9.88 Å². The highest BCUT2D eigenvalue weighted by atomic mass is 35.5. The Kier molecular flexibility index (Phi) is 6.73. The SMILES string of the molecule is COc1cccc2c1C[C@@H](N(CCCc1c[nH]c3ccc(F)cc13)C1CCC1)CO2.Cl. The highest BCUT2D eigenvalue weighted by Gasteiger charge is 2.34. The molecule has 0 bridgehead atoms. The van der Waals surface area contributed by atoms with Gasteiger partial charge in [-0.25, -0.2) is 4.39 Å². The molecule has 0 amide bonds. The van der Waals surface area contributed by atoms with Gasteiger partial charge in [-0.05, 0) is 74.5 Å². The maximum absolute atomic E-state index is 13.7. The first-order valence-electron chi connectivity index (χ1n) is 11.0. The molecule has 1 fully saturated rings. The van der Waals surface area contributed by atoms with E-state index >= 15 is 0 Å². The van der Waals surface area contributed by atoms with E-state index in [1.807, 2.05) is 30.5 Å². The van der Waals surface area contributed by atoms with E-state index < -0.39 is 0 Å². The fourth-order valence-corrected chi connectivity index (χ4v) is 4.96. The topological polar surface area (TPSA) is 37.5 Å². The molecule has 0 radical (unpaired) electrons. The number of aromatic nitrogens is 1. The number of aromatic amines is 1. The van der Waals surface area contributed by atoms with Gasteiger partial charge in [0.25, 0.3) is 0 Å². The lowest BCUT2D eigenvalue weighted by Crippen LogP contribution is -2.51. The molecule has 4 nitrogen and oxygen atoms in total. The second-order valence-electron chi connectivity index (χ2n) is 8.54. The van der Waals surface area contributed by atoms with Gasteiger partial charge in [0, 0.05) is 34.7 Å². The van der Waals surface area contributed by atoms with Crippen molar-refractivity contribution in [2.24, 2.45) is 0 Å². The summed E-state index contributed by atoms with van der Waals surface area (Å²) >= 11 is 0. The zero-order valence-electron chi connectivity index (χ0n) is 17.9. The minimum atomic E-state index is -0.175. The summed E-state index contributed by atoms with van der Waals surface area (Å²) in [5.41, 5.74) is 3.39. The summed E-state index contributed by atoms with van der Waals surface area (Å²) < 4.78 is 25.4. The van der Waals surface area contributed by atoms with Crippen LogP contribution >= 0.6 is 12.4 Å². The van der Waals surface area contributed by atoms with Crippen molar-refractivity contribution in [3.05, 3.63) is 59.5 Å². The summed E-state index contributed by atoms with van der Waals surface area (Å²) in [4.78, 5) is 5.93. The van der Waals surface area contributed by atoms with E-state index in [0.29, 0.717) is 12.1 Å². The van der Waals surface area contributed by atoms with Gasteiger partial charge in [-0.15, -0.1) is 12.4 Å². The molecule has 6 heteroatoms. The Morgan fingerprint density at radius 3 is 2.84 bits per heavy atom. The maximum Gasteiger partial charge on any atom is 0.126 e. The van der Waals surface area contributed by atoms with Gasteiger partial charge >= 0.3 is 0 Å². The Hall–Kier alpha value is -2.24. The normalized spacial score (nSPS) is 18.2. The largest absolute Gasteiger partial charge is 0.496 e. The molecular formula is C25H30ClFN2O2. The Morgan fingerprint density at radius 2 is 2.06 bits per heavy atom. The predicted octanol–water partition coefficient (Wildman–Crippen LogP) is 5.53. The highest BCUT2D eigenvalue weighted by Crippen LogP contribution is 2.36. The Labute approximate surface area is 189 Å². The number of ether oxygens (including phenoxy) is 2. The lowest BCUT2D eigenvalue weighted by Gasteiger charge is -2.44. The summed E-state index contributed by atoms with van der Waals surface area (Å²) in [7, 11) is 1.73. The summed E-state index contributed by atoms with van der Waals surface area (Å²) in [6.45, 7) is 1.76. The average Bonchev–Trinajstić information content (AvgIpc) is 3.13. The number of fused-ring (bicyclic) bond motifs is 2. The minimum Gasteiger partial charge on any atom is -0.496 e. The van der Waals surface area contributed by atoms with Crippen LogP contribution in [-0.4, -0.2) is 42.2 Å². The van der Waals surface area contributed by atoms with Crippen LogP contribution in [-0.2, 0) is 12.8 Å². The van der Waals surface area contributed by atoms with Gasteiger partial charge in [0.2, 0.25) is 0 Å². The van der Waals surface area contributed by atoms with Gasteiger partial charge in [0.1, 0.15) is 23.9 Å². The molecule has 1 aliphatic carbocycles. The van der Waals surface area contributed by atoms with Crippen molar-refractivity contribution < 1.29 is 13.9 Å². The standard InChI is InChI=1S/C25H29FN2O2.ClH/c1-29-24-8-3-9-25-22(24)14-20(16-30-25)28(19-6-2-7-19)12-4-5-17-15-27-23-11-10-18(26)13-21(17)23;/h3,8-11,13,15,19-20,27H,2,4-7,12,14,16H2,1H3;1H/t20-;/m1./s1. The number of nitrogens with one attached hydrogen (secondary N) is 1. The molecule has 1 saturated carbocycles. The quantitative estimate of drug-likeness (QED) is 0.520. The number of methoxy groups -OCH3 is 1. The minimum absolute atomic E-state index is 0. The Bertz CT molecular complexity index is 1020. The fraction of sp³-hybridized carbons (Fsp3) is 0.440. The summed E-state index contributed by atoms with van der Waals surface area (Å²) in [5.74, 6) is 1.71. The van der Waals surface area contributed by atoms with E-state index in [1.165, 1.54) is 36.5 Å². The second kappa shape index (κ2) is 9.49. The zero-order chi connectivity index (χ0) is 20.5. The molecule has 2 heterocycles. The van der Waals surface area contributed by atoms with Crippen LogP contribution in [0.3, 0.4) is 0 Å². The van der Waals surface area contributed by atoms with Crippen LogP contribution in [0.5, 0.6) is 11.5 Å². The van der Waals surface area contributed by atoms with Crippen molar-refractivity contribution in [1.29, 1.82) is 0 Å². The van der Waals surface area contributed by atoms with E-state index in [1.54, 1.807) is 13.2 Å². The number of benzene rings is 2. The van der Waals surface area contributed by atoms with E-state index in [4.69, 9.17) is 9.47 Å². The van der Waals surface area contributed by atoms with Gasteiger partial charge < -0.3 is 14.5 Å². The predicted molar refractivity (Wildman–Crippen MR) is 124 cm³/mol. The molecule has 31 heavy (non-hydrogen) atoms. The number of halogens is 2. The lowest BCUT2D eigenvalue weighted by atomic mass is 9.88. The Balaban J connectivity index is 0.00000231. The first-order chi connectivity index (χ1) is 14.7. The molecule has 1 aromatic heterocycles. The first kappa shape index (κ1) is 22.0. The first-order valence-corrected chi connectivity index (χ1v) is 11.0. The fourth-order valence-electron chi connectivity index (χ4n) is 4.96. The molecule has 1 atom stereocenters. The molecule has 1 N–H and O–H groups in total. The molecular weight excluding hydrogens is 415 g/mol. The number of hydrogen-bond acceptors (Lipinski definition) is 3. The van der Waals surface area contributed by atoms with E-state index in [0.717, 1.165) is 54.8 Å². The van der Waals surface area contributed by atoms with Crippen molar-refractivity contribution in [2.45, 2.75) is 50.6 Å². The molecule has 2 aromatic carbocycles. The van der Waals surface area contributed by atoms with Crippen LogP contribution in [0.4, 0.5) is 4.39 Å². The van der Waals surface area contributed by atoms with Gasteiger partial charge in [0.15, 0.2) is 0 Å². The third kappa shape index (κ3) is 4.39. The van der Waals surface area contributed by atoms with Gasteiger partial charge in [-0.2, -0.15) is 0 Å². The van der Waals surface area contributed by atoms with E-state index in [-0.39, 0.29) is 18.2 Å². The third-order valence-corrected chi connectivity index (χ3v) is 6.79. The molecule has 1 aliphatic heterocycles. The summed E-state index contributed by atoms with van der Waals surface area (Å²) in [5, 5.41) is 1.00. The number of H-pyrrole nitrogens is 1. The summed E-state index contributed by atoms with van der Waals surface area (Å²) in [6.07, 6.45) is 8.85. The maximum atomic E-state index is 13.7. The monoisotopic (exact) mass is 444 g/mol. The van der Waals surface area contributed by atoms with Crippen molar-refractivity contribution in [3.63, 3.8) is 0 Å². The Morgan fingerprint density at radius 1 is 1.19 bits per heavy atom. The average molecular weight is 445 g/mol. The number of aryl methyl sites for hydroxylation is 1. The summed E-state index contributed by atoms with van der Waals surface area (Å²) in [6, 6.07) is 12.0. The number of rotatable bonds is 7. The lowest BCUT2D eigenvalue weighted by molar-refractivity contribution is 0.0431.